The largest absolute Gasteiger partial charge is 0.0882 e. The van der Waals surface area contributed by atoms with Crippen molar-refractivity contribution in [2.45, 2.75) is 105 Å². The summed E-state index contributed by atoms with van der Waals surface area (Å²) in [7, 11) is 0. The van der Waals surface area contributed by atoms with Crippen LogP contribution in [-0.4, -0.2) is 0 Å². The third kappa shape index (κ3) is 3.36. The molecule has 0 bridgehead atoms. The van der Waals surface area contributed by atoms with E-state index in [1.165, 1.54) is 57.8 Å². The predicted molar refractivity (Wildman–Crippen MR) is 118 cm³/mol. The molecule has 154 valence electrons. The summed E-state index contributed by atoms with van der Waals surface area (Å²) >= 11 is 0. The molecule has 0 spiro atoms. The summed E-state index contributed by atoms with van der Waals surface area (Å²) in [6, 6.07) is 0. The monoisotopic (exact) mass is 370 g/mol. The van der Waals surface area contributed by atoms with Crippen LogP contribution in [0.5, 0.6) is 0 Å². The first-order valence-electron chi connectivity index (χ1n) is 12.5. The van der Waals surface area contributed by atoms with Crippen molar-refractivity contribution in [1.82, 2.24) is 0 Å². The fourth-order valence-corrected chi connectivity index (χ4v) is 8.86. The minimum Gasteiger partial charge on any atom is -0.0882 e. The zero-order chi connectivity index (χ0) is 19.2. The molecule has 0 radical (unpaired) electrons. The highest BCUT2D eigenvalue weighted by molar-refractivity contribution is 5.12. The molecule has 27 heavy (non-hydrogen) atoms. The van der Waals surface area contributed by atoms with Crippen LogP contribution in [0.2, 0.25) is 0 Å². The van der Waals surface area contributed by atoms with Crippen molar-refractivity contribution in [2.75, 3.05) is 0 Å². The van der Waals surface area contributed by atoms with Crippen LogP contribution in [0, 0.1) is 52.3 Å². The SMILES string of the molecule is CC(C)CCC[C@@H](C)[C@@H]1CC[C@@H]2[C@@H]3CC[C@H]4CC=CC[C@]4(C)[C@H]3CC[C@]21C. The molecule has 4 aliphatic rings. The molecule has 0 nitrogen and oxygen atoms in total. The fourth-order valence-electron chi connectivity index (χ4n) is 8.86. The molecule has 4 rings (SSSR count). The van der Waals surface area contributed by atoms with Gasteiger partial charge in [0, 0.05) is 0 Å². The second-order valence-corrected chi connectivity index (χ2v) is 12.1. The maximum atomic E-state index is 2.74. The molecular weight excluding hydrogens is 324 g/mol. The van der Waals surface area contributed by atoms with Gasteiger partial charge < -0.3 is 0 Å². The average molecular weight is 371 g/mol. The van der Waals surface area contributed by atoms with Crippen LogP contribution in [0.4, 0.5) is 0 Å². The summed E-state index contributed by atoms with van der Waals surface area (Å²) in [4.78, 5) is 0. The van der Waals surface area contributed by atoms with Crippen molar-refractivity contribution >= 4 is 0 Å². The van der Waals surface area contributed by atoms with Gasteiger partial charge in [0.1, 0.15) is 0 Å². The molecule has 0 aromatic heterocycles. The van der Waals surface area contributed by atoms with Gasteiger partial charge in [0.2, 0.25) is 0 Å². The molecule has 3 saturated carbocycles. The molecule has 3 fully saturated rings. The van der Waals surface area contributed by atoms with E-state index in [0.29, 0.717) is 10.8 Å². The lowest BCUT2D eigenvalue weighted by atomic mass is 9.45. The summed E-state index contributed by atoms with van der Waals surface area (Å²) in [6.07, 6.45) is 21.3. The standard InChI is InChI=1S/C27H46/c1-19(2)9-8-10-20(3)23-14-15-24-22-13-12-21-11-6-7-17-26(21,4)25(22)16-18-27(23,24)5/h6-7,19-25H,8-18H2,1-5H3/t20-,21-,22+,23+,24-,25+,26+,27+/m1/s1. The summed E-state index contributed by atoms with van der Waals surface area (Å²) < 4.78 is 0. The Kier molecular flexibility index (Phi) is 5.59. The van der Waals surface area contributed by atoms with Crippen LogP contribution in [0.1, 0.15) is 105 Å². The maximum absolute atomic E-state index is 2.74. The Bertz CT molecular complexity index is 544. The van der Waals surface area contributed by atoms with Crippen molar-refractivity contribution in [1.29, 1.82) is 0 Å². The molecule has 8 atom stereocenters. The molecule has 0 aliphatic heterocycles. The van der Waals surface area contributed by atoms with Gasteiger partial charge in [-0.15, -0.1) is 0 Å². The topological polar surface area (TPSA) is 0 Å². The van der Waals surface area contributed by atoms with Crippen molar-refractivity contribution in [3.8, 4) is 0 Å². The summed E-state index contributed by atoms with van der Waals surface area (Å²) in [5, 5.41) is 0. The lowest BCUT2D eigenvalue weighted by Crippen LogP contribution is -2.52. The number of hydrogen-bond acceptors (Lipinski definition) is 0. The van der Waals surface area contributed by atoms with Crippen LogP contribution >= 0.6 is 0 Å². The smallest absolute Gasteiger partial charge is 0.0229 e. The molecular formula is C27H46. The van der Waals surface area contributed by atoms with Crippen molar-refractivity contribution in [3.63, 3.8) is 0 Å². The maximum Gasteiger partial charge on any atom is -0.0229 e. The van der Waals surface area contributed by atoms with E-state index in [4.69, 9.17) is 0 Å². The first-order valence-corrected chi connectivity index (χ1v) is 12.5. The van der Waals surface area contributed by atoms with Gasteiger partial charge in [0.25, 0.3) is 0 Å². The Morgan fingerprint density at radius 2 is 1.63 bits per heavy atom. The molecule has 0 heteroatoms. The first kappa shape index (κ1) is 20.0. The van der Waals surface area contributed by atoms with E-state index in [0.717, 1.165) is 41.4 Å². The molecule has 4 aliphatic carbocycles. The van der Waals surface area contributed by atoms with E-state index in [2.05, 4.69) is 46.8 Å². The molecule has 0 amide bonds. The van der Waals surface area contributed by atoms with Gasteiger partial charge in [-0.3, -0.25) is 0 Å². The van der Waals surface area contributed by atoms with Crippen LogP contribution in [0.15, 0.2) is 12.2 Å². The van der Waals surface area contributed by atoms with Crippen molar-refractivity contribution in [2.24, 2.45) is 52.3 Å². The first-order chi connectivity index (χ1) is 12.9. The lowest BCUT2D eigenvalue weighted by molar-refractivity contribution is -0.101. The summed E-state index contributed by atoms with van der Waals surface area (Å²) in [5.74, 6) is 6.92. The van der Waals surface area contributed by atoms with Gasteiger partial charge in [0.05, 0.1) is 0 Å². The van der Waals surface area contributed by atoms with Gasteiger partial charge >= 0.3 is 0 Å². The third-order valence-corrected chi connectivity index (χ3v) is 10.4. The highest BCUT2D eigenvalue weighted by atomic mass is 14.6. The van der Waals surface area contributed by atoms with E-state index < -0.39 is 0 Å². The third-order valence-electron chi connectivity index (χ3n) is 10.4. The number of allylic oxidation sites excluding steroid dienone is 2. The van der Waals surface area contributed by atoms with Gasteiger partial charge in [-0.05, 0) is 104 Å². The zero-order valence-electron chi connectivity index (χ0n) is 19.0. The van der Waals surface area contributed by atoms with Crippen LogP contribution in [0.3, 0.4) is 0 Å². The Morgan fingerprint density at radius 3 is 2.41 bits per heavy atom. The van der Waals surface area contributed by atoms with Gasteiger partial charge in [-0.2, -0.15) is 0 Å². The van der Waals surface area contributed by atoms with Crippen LogP contribution in [-0.2, 0) is 0 Å². The highest BCUT2D eigenvalue weighted by Crippen LogP contribution is 2.68. The van der Waals surface area contributed by atoms with E-state index in [9.17, 15) is 0 Å². The normalized spacial score (nSPS) is 47.4. The minimum atomic E-state index is 0.625. The molecule has 0 unspecified atom stereocenters. The van der Waals surface area contributed by atoms with Crippen molar-refractivity contribution < 1.29 is 0 Å². The minimum absolute atomic E-state index is 0.625. The molecule has 0 saturated heterocycles. The highest BCUT2D eigenvalue weighted by Gasteiger charge is 2.59. The molecule has 0 heterocycles. The number of fused-ring (bicyclic) bond motifs is 5. The van der Waals surface area contributed by atoms with E-state index in [1.54, 1.807) is 12.8 Å². The van der Waals surface area contributed by atoms with E-state index >= 15 is 0 Å². The second kappa shape index (κ2) is 7.53. The van der Waals surface area contributed by atoms with Gasteiger partial charge in [-0.25, -0.2) is 0 Å². The number of hydrogen-bond donors (Lipinski definition) is 0. The van der Waals surface area contributed by atoms with Crippen LogP contribution in [0.25, 0.3) is 0 Å². The second-order valence-electron chi connectivity index (χ2n) is 12.1. The quantitative estimate of drug-likeness (QED) is 0.427. The lowest BCUT2D eigenvalue weighted by Gasteiger charge is -2.60. The van der Waals surface area contributed by atoms with E-state index in [1.807, 2.05) is 0 Å². The molecule has 0 aromatic carbocycles. The average Bonchev–Trinajstić information content (AvgIpc) is 2.98. The molecule has 0 N–H and O–H groups in total. The predicted octanol–water partition coefficient (Wildman–Crippen LogP) is 8.27. The van der Waals surface area contributed by atoms with E-state index in [-0.39, 0.29) is 0 Å². The van der Waals surface area contributed by atoms with Gasteiger partial charge in [-0.1, -0.05) is 66.0 Å². The summed E-state index contributed by atoms with van der Waals surface area (Å²) in [5.41, 5.74) is 1.28. The van der Waals surface area contributed by atoms with Gasteiger partial charge in [0.15, 0.2) is 0 Å². The Morgan fingerprint density at radius 1 is 0.852 bits per heavy atom. The fraction of sp³-hybridized carbons (Fsp3) is 0.926. The van der Waals surface area contributed by atoms with Crippen molar-refractivity contribution in [3.05, 3.63) is 12.2 Å². The Balaban J connectivity index is 1.47. The zero-order valence-corrected chi connectivity index (χ0v) is 19.0. The molecule has 0 aromatic rings. The van der Waals surface area contributed by atoms with Crippen LogP contribution < -0.4 is 0 Å². The number of rotatable bonds is 5. The Labute approximate surface area is 170 Å². The summed E-state index contributed by atoms with van der Waals surface area (Å²) in [6.45, 7) is 12.8. The Hall–Kier alpha value is -0.260.